The molecular formula is C36H29NO. The first-order chi connectivity index (χ1) is 18.4. The number of hydrogen-bond donors (Lipinski definition) is 0. The SMILES string of the molecule is CC(C)(C)c1ccc2c(c1)C1(c3ccccc3C2=O)c2ccccc2N(c2ccccc2)c2ccccc21. The Bertz CT molecular complexity index is 1680. The maximum atomic E-state index is 14.0. The van der Waals surface area contributed by atoms with Gasteiger partial charge in [-0.1, -0.05) is 118 Å². The molecule has 0 radical (unpaired) electrons. The van der Waals surface area contributed by atoms with Crippen LogP contribution in [0.15, 0.2) is 121 Å². The van der Waals surface area contributed by atoms with Gasteiger partial charge in [0.2, 0.25) is 0 Å². The first-order valence-electron chi connectivity index (χ1n) is 13.3. The molecule has 0 saturated heterocycles. The van der Waals surface area contributed by atoms with Gasteiger partial charge in [0, 0.05) is 16.8 Å². The van der Waals surface area contributed by atoms with Crippen LogP contribution in [0.4, 0.5) is 17.1 Å². The van der Waals surface area contributed by atoms with E-state index in [0.717, 1.165) is 39.3 Å². The van der Waals surface area contributed by atoms with Crippen molar-refractivity contribution in [2.45, 2.75) is 31.6 Å². The molecular weight excluding hydrogens is 462 g/mol. The van der Waals surface area contributed by atoms with E-state index < -0.39 is 5.41 Å². The second-order valence-electron chi connectivity index (χ2n) is 11.3. The molecule has 38 heavy (non-hydrogen) atoms. The van der Waals surface area contributed by atoms with Crippen molar-refractivity contribution in [3.05, 3.63) is 160 Å². The quantitative estimate of drug-likeness (QED) is 0.229. The summed E-state index contributed by atoms with van der Waals surface area (Å²) in [7, 11) is 0. The number of hydrogen-bond acceptors (Lipinski definition) is 2. The molecule has 1 heterocycles. The molecule has 1 aliphatic heterocycles. The van der Waals surface area contributed by atoms with Crippen LogP contribution in [0.25, 0.3) is 0 Å². The van der Waals surface area contributed by atoms with E-state index in [4.69, 9.17) is 0 Å². The molecule has 0 saturated carbocycles. The van der Waals surface area contributed by atoms with Gasteiger partial charge in [-0.25, -0.2) is 0 Å². The number of fused-ring (bicyclic) bond motifs is 8. The van der Waals surface area contributed by atoms with Crippen LogP contribution in [0.1, 0.15) is 64.5 Å². The third-order valence-electron chi connectivity index (χ3n) is 8.22. The summed E-state index contributed by atoms with van der Waals surface area (Å²) < 4.78 is 0. The molecule has 0 bridgehead atoms. The molecule has 0 amide bonds. The highest BCUT2D eigenvalue weighted by Gasteiger charge is 2.51. The van der Waals surface area contributed by atoms with Gasteiger partial charge in [-0.2, -0.15) is 0 Å². The zero-order valence-electron chi connectivity index (χ0n) is 21.9. The number of rotatable bonds is 1. The highest BCUT2D eigenvalue weighted by Crippen LogP contribution is 2.60. The van der Waals surface area contributed by atoms with Crippen LogP contribution in [0.5, 0.6) is 0 Å². The monoisotopic (exact) mass is 491 g/mol. The van der Waals surface area contributed by atoms with Gasteiger partial charge in [0.05, 0.1) is 16.8 Å². The molecule has 0 atom stereocenters. The van der Waals surface area contributed by atoms with Crippen molar-refractivity contribution in [2.75, 3.05) is 4.90 Å². The predicted octanol–water partition coefficient (Wildman–Crippen LogP) is 8.69. The summed E-state index contributed by atoms with van der Waals surface area (Å²) >= 11 is 0. The molecule has 0 fully saturated rings. The van der Waals surface area contributed by atoms with Crippen LogP contribution < -0.4 is 4.90 Å². The molecule has 0 aromatic heterocycles. The van der Waals surface area contributed by atoms with E-state index in [9.17, 15) is 4.79 Å². The van der Waals surface area contributed by atoms with Gasteiger partial charge < -0.3 is 4.90 Å². The molecule has 2 nitrogen and oxygen atoms in total. The molecule has 1 spiro atoms. The molecule has 0 unspecified atom stereocenters. The van der Waals surface area contributed by atoms with Gasteiger partial charge in [-0.15, -0.1) is 0 Å². The number of carbonyl (C=O) groups is 1. The Labute approximate surface area is 224 Å². The van der Waals surface area contributed by atoms with E-state index in [1.165, 1.54) is 16.7 Å². The Morgan fingerprint density at radius 3 is 1.71 bits per heavy atom. The normalized spacial score (nSPS) is 14.9. The molecule has 184 valence electrons. The highest BCUT2D eigenvalue weighted by molar-refractivity contribution is 6.14. The lowest BCUT2D eigenvalue weighted by molar-refractivity contribution is 0.103. The van der Waals surface area contributed by atoms with Gasteiger partial charge in [-0.05, 0) is 57.5 Å². The number of ketones is 1. The average molecular weight is 492 g/mol. The maximum Gasteiger partial charge on any atom is 0.193 e. The predicted molar refractivity (Wildman–Crippen MR) is 155 cm³/mol. The third-order valence-corrected chi connectivity index (χ3v) is 8.22. The first kappa shape index (κ1) is 22.7. The van der Waals surface area contributed by atoms with Gasteiger partial charge >= 0.3 is 0 Å². The van der Waals surface area contributed by atoms with Gasteiger partial charge in [-0.3, -0.25) is 4.79 Å². The van der Waals surface area contributed by atoms with E-state index in [0.29, 0.717) is 0 Å². The van der Waals surface area contributed by atoms with Crippen LogP contribution in [0, 0.1) is 0 Å². The van der Waals surface area contributed by atoms with E-state index in [1.807, 2.05) is 12.1 Å². The molecule has 2 aliphatic rings. The van der Waals surface area contributed by atoms with Crippen LogP contribution >= 0.6 is 0 Å². The summed E-state index contributed by atoms with van der Waals surface area (Å²) in [6.07, 6.45) is 0. The van der Waals surface area contributed by atoms with Gasteiger partial charge in [0.25, 0.3) is 0 Å². The van der Waals surface area contributed by atoms with Crippen LogP contribution in [0.2, 0.25) is 0 Å². The minimum absolute atomic E-state index is 0.0555. The number of benzene rings is 5. The largest absolute Gasteiger partial charge is 0.310 e. The second-order valence-corrected chi connectivity index (χ2v) is 11.3. The Morgan fingerprint density at radius 1 is 0.553 bits per heavy atom. The number of anilines is 3. The maximum absolute atomic E-state index is 14.0. The summed E-state index contributed by atoms with van der Waals surface area (Å²) in [4.78, 5) is 16.4. The van der Waals surface area contributed by atoms with E-state index in [-0.39, 0.29) is 11.2 Å². The zero-order valence-corrected chi connectivity index (χ0v) is 21.9. The summed E-state index contributed by atoms with van der Waals surface area (Å²) in [5.41, 5.74) is 9.99. The van der Waals surface area contributed by atoms with Crippen molar-refractivity contribution in [1.82, 2.24) is 0 Å². The number of nitrogens with zero attached hydrogens (tertiary/aromatic N) is 1. The van der Waals surface area contributed by atoms with Crippen LogP contribution in [-0.4, -0.2) is 5.78 Å². The number of para-hydroxylation sites is 3. The Hall–Kier alpha value is -4.43. The number of carbonyl (C=O) groups excluding carboxylic acids is 1. The fourth-order valence-electron chi connectivity index (χ4n) is 6.50. The Morgan fingerprint density at radius 2 is 1.08 bits per heavy atom. The van der Waals surface area contributed by atoms with Gasteiger partial charge in [0.15, 0.2) is 5.78 Å². The van der Waals surface area contributed by atoms with E-state index in [1.54, 1.807) is 0 Å². The highest BCUT2D eigenvalue weighted by atomic mass is 16.1. The van der Waals surface area contributed by atoms with E-state index in [2.05, 4.69) is 135 Å². The lowest BCUT2D eigenvalue weighted by atomic mass is 9.57. The lowest BCUT2D eigenvalue weighted by Gasteiger charge is -2.49. The van der Waals surface area contributed by atoms with Crippen molar-refractivity contribution in [2.24, 2.45) is 0 Å². The molecule has 5 aromatic carbocycles. The molecule has 2 heteroatoms. The topological polar surface area (TPSA) is 20.3 Å². The average Bonchev–Trinajstić information content (AvgIpc) is 2.95. The minimum Gasteiger partial charge on any atom is -0.310 e. The van der Waals surface area contributed by atoms with Crippen LogP contribution in [-0.2, 0) is 10.8 Å². The molecule has 5 aromatic rings. The first-order valence-corrected chi connectivity index (χ1v) is 13.3. The smallest absolute Gasteiger partial charge is 0.193 e. The van der Waals surface area contributed by atoms with Gasteiger partial charge in [0.1, 0.15) is 0 Å². The van der Waals surface area contributed by atoms with Crippen molar-refractivity contribution in [3.8, 4) is 0 Å². The van der Waals surface area contributed by atoms with Crippen molar-refractivity contribution >= 4 is 22.8 Å². The fourth-order valence-corrected chi connectivity index (χ4v) is 6.50. The summed E-state index contributed by atoms with van der Waals surface area (Å²) in [5.74, 6) is 0.0992. The fraction of sp³-hybridized carbons (Fsp3) is 0.139. The van der Waals surface area contributed by atoms with Crippen molar-refractivity contribution < 1.29 is 4.79 Å². The lowest BCUT2D eigenvalue weighted by Crippen LogP contribution is -2.42. The van der Waals surface area contributed by atoms with Crippen LogP contribution in [0.3, 0.4) is 0 Å². The third kappa shape index (κ3) is 2.98. The molecule has 1 aliphatic carbocycles. The Balaban J connectivity index is 1.68. The summed E-state index contributed by atoms with van der Waals surface area (Å²) in [5, 5.41) is 0. The molecule has 0 N–H and O–H groups in total. The summed E-state index contributed by atoms with van der Waals surface area (Å²) in [6.45, 7) is 6.71. The van der Waals surface area contributed by atoms with E-state index >= 15 is 0 Å². The second kappa shape index (κ2) is 8.03. The zero-order chi connectivity index (χ0) is 26.1. The summed E-state index contributed by atoms with van der Waals surface area (Å²) in [6, 6.07) is 42.7. The van der Waals surface area contributed by atoms with Crippen molar-refractivity contribution in [1.29, 1.82) is 0 Å². The van der Waals surface area contributed by atoms with Crippen molar-refractivity contribution in [3.63, 3.8) is 0 Å². The molecule has 7 rings (SSSR count). The minimum atomic E-state index is -0.625. The Kier molecular flexibility index (Phi) is 4.81. The standard InChI is InChI=1S/C36H29NO/c1-35(2,3)24-21-22-27-31(23-24)36(28-16-8-7-15-26(28)34(27)38)29-17-9-11-19-32(29)37(25-13-5-4-6-14-25)33-20-12-10-18-30(33)36/h4-23H,1-3H3.